The molecule has 2 aromatic rings. The van der Waals surface area contributed by atoms with Crippen molar-refractivity contribution < 1.29 is 9.59 Å². The largest absolute Gasteiger partial charge is 0.346 e. The Balaban J connectivity index is 1.80. The van der Waals surface area contributed by atoms with Crippen LogP contribution in [0, 0.1) is 5.92 Å². The zero-order valence-electron chi connectivity index (χ0n) is 15.3. The van der Waals surface area contributed by atoms with E-state index >= 15 is 0 Å². The molecule has 0 spiro atoms. The maximum atomic E-state index is 12.6. The van der Waals surface area contributed by atoms with Gasteiger partial charge in [0.1, 0.15) is 5.82 Å². The average Bonchev–Trinajstić information content (AvgIpc) is 2.97. The summed E-state index contributed by atoms with van der Waals surface area (Å²) in [6.45, 7) is 6.81. The molecule has 0 bridgehead atoms. The van der Waals surface area contributed by atoms with Crippen molar-refractivity contribution in [2.24, 2.45) is 5.92 Å². The molecule has 1 aromatic heterocycles. The van der Waals surface area contributed by atoms with Crippen molar-refractivity contribution in [1.29, 1.82) is 0 Å². The zero-order valence-corrected chi connectivity index (χ0v) is 15.3. The van der Waals surface area contributed by atoms with Gasteiger partial charge < -0.3 is 14.8 Å². The first kappa shape index (κ1) is 17.5. The average molecular weight is 342 g/mol. The van der Waals surface area contributed by atoms with Crippen molar-refractivity contribution in [3.05, 3.63) is 30.1 Å². The lowest BCUT2D eigenvalue weighted by Gasteiger charge is -2.29. The lowest BCUT2D eigenvalue weighted by molar-refractivity contribution is -0.139. The van der Waals surface area contributed by atoms with Crippen LogP contribution >= 0.6 is 0 Å². The number of nitrogens with one attached hydrogen (secondary N) is 1. The SMILES string of the molecule is CC(NC(=O)C1CCN(C)C(=O)C1)c1nc2ccccc2n1C(C)C. The van der Waals surface area contributed by atoms with E-state index in [-0.39, 0.29) is 36.2 Å². The highest BCUT2D eigenvalue weighted by molar-refractivity contribution is 5.87. The summed E-state index contributed by atoms with van der Waals surface area (Å²) in [5.41, 5.74) is 2.00. The maximum Gasteiger partial charge on any atom is 0.224 e. The molecule has 1 fully saturated rings. The summed E-state index contributed by atoms with van der Waals surface area (Å²) in [5, 5.41) is 3.06. The van der Waals surface area contributed by atoms with Crippen molar-refractivity contribution in [3.63, 3.8) is 0 Å². The van der Waals surface area contributed by atoms with E-state index in [1.807, 2.05) is 25.1 Å². The number of carbonyl (C=O) groups excluding carboxylic acids is 2. The van der Waals surface area contributed by atoms with E-state index in [1.54, 1.807) is 11.9 Å². The Labute approximate surface area is 148 Å². The number of hydrogen-bond acceptors (Lipinski definition) is 3. The van der Waals surface area contributed by atoms with Crippen molar-refractivity contribution in [1.82, 2.24) is 19.8 Å². The van der Waals surface area contributed by atoms with E-state index < -0.39 is 0 Å². The van der Waals surface area contributed by atoms with Crippen LogP contribution in [0.4, 0.5) is 0 Å². The number of piperidine rings is 1. The van der Waals surface area contributed by atoms with Crippen LogP contribution in [0.2, 0.25) is 0 Å². The lowest BCUT2D eigenvalue weighted by Crippen LogP contribution is -2.42. The number of para-hydroxylation sites is 2. The van der Waals surface area contributed by atoms with Gasteiger partial charge in [-0.25, -0.2) is 4.98 Å². The normalized spacial score (nSPS) is 19.5. The minimum absolute atomic E-state index is 0.0356. The molecule has 25 heavy (non-hydrogen) atoms. The van der Waals surface area contributed by atoms with E-state index in [9.17, 15) is 9.59 Å². The standard InChI is InChI=1S/C19H26N4O2/c1-12(2)23-16-8-6-5-7-15(16)21-18(23)13(3)20-19(25)14-9-10-22(4)17(24)11-14/h5-8,12-14H,9-11H2,1-4H3,(H,20,25). The molecule has 6 nitrogen and oxygen atoms in total. The molecule has 0 saturated carbocycles. The third-order valence-electron chi connectivity index (χ3n) is 4.92. The predicted octanol–water partition coefficient (Wildman–Crippen LogP) is 2.66. The summed E-state index contributed by atoms with van der Waals surface area (Å²) in [6.07, 6.45) is 0.997. The van der Waals surface area contributed by atoms with Gasteiger partial charge in [-0.2, -0.15) is 0 Å². The number of rotatable bonds is 4. The number of nitrogens with zero attached hydrogens (tertiary/aromatic N) is 3. The fraction of sp³-hybridized carbons (Fsp3) is 0.526. The summed E-state index contributed by atoms with van der Waals surface area (Å²) in [6, 6.07) is 8.04. The van der Waals surface area contributed by atoms with Gasteiger partial charge in [0.05, 0.1) is 17.1 Å². The molecule has 1 aromatic carbocycles. The molecule has 2 atom stereocenters. The van der Waals surface area contributed by atoms with Crippen LogP contribution in [0.25, 0.3) is 11.0 Å². The molecule has 3 rings (SSSR count). The van der Waals surface area contributed by atoms with Crippen LogP contribution in [-0.4, -0.2) is 39.9 Å². The fourth-order valence-corrected chi connectivity index (χ4v) is 3.47. The summed E-state index contributed by atoms with van der Waals surface area (Å²) >= 11 is 0. The summed E-state index contributed by atoms with van der Waals surface area (Å²) in [5.74, 6) is 0.580. The Hall–Kier alpha value is -2.37. The Morgan fingerprint density at radius 1 is 1.28 bits per heavy atom. The number of likely N-dealkylation sites (tertiary alicyclic amines) is 1. The number of aromatic nitrogens is 2. The zero-order chi connectivity index (χ0) is 18.1. The molecule has 1 aliphatic rings. The van der Waals surface area contributed by atoms with Gasteiger partial charge in [0.15, 0.2) is 0 Å². The molecule has 2 amide bonds. The van der Waals surface area contributed by atoms with Gasteiger partial charge in [0, 0.05) is 32.0 Å². The summed E-state index contributed by atoms with van der Waals surface area (Å²) in [7, 11) is 1.78. The lowest BCUT2D eigenvalue weighted by atomic mass is 9.95. The van der Waals surface area contributed by atoms with E-state index in [0.29, 0.717) is 13.0 Å². The van der Waals surface area contributed by atoms with Gasteiger partial charge in [-0.3, -0.25) is 9.59 Å². The number of carbonyl (C=O) groups is 2. The molecule has 0 aliphatic carbocycles. The molecule has 1 N–H and O–H groups in total. The van der Waals surface area contributed by atoms with E-state index in [0.717, 1.165) is 16.9 Å². The van der Waals surface area contributed by atoms with E-state index in [2.05, 4.69) is 29.8 Å². The van der Waals surface area contributed by atoms with Crippen molar-refractivity contribution in [3.8, 4) is 0 Å². The predicted molar refractivity (Wildman–Crippen MR) is 97.0 cm³/mol. The number of imidazole rings is 1. The first-order chi connectivity index (χ1) is 11.9. The summed E-state index contributed by atoms with van der Waals surface area (Å²) < 4.78 is 2.17. The molecule has 6 heteroatoms. The van der Waals surface area contributed by atoms with Crippen LogP contribution in [0.3, 0.4) is 0 Å². The maximum absolute atomic E-state index is 12.6. The van der Waals surface area contributed by atoms with E-state index in [4.69, 9.17) is 4.98 Å². The number of amides is 2. The molecule has 2 unspecified atom stereocenters. The number of benzene rings is 1. The van der Waals surface area contributed by atoms with Gasteiger partial charge in [-0.1, -0.05) is 12.1 Å². The second-order valence-electron chi connectivity index (χ2n) is 7.16. The fourth-order valence-electron chi connectivity index (χ4n) is 3.47. The second kappa shape index (κ2) is 6.86. The Morgan fingerprint density at radius 2 is 2.00 bits per heavy atom. The highest BCUT2D eigenvalue weighted by Crippen LogP contribution is 2.26. The first-order valence-electron chi connectivity index (χ1n) is 8.89. The third kappa shape index (κ3) is 3.38. The minimum Gasteiger partial charge on any atom is -0.346 e. The summed E-state index contributed by atoms with van der Waals surface area (Å²) in [4.78, 5) is 30.9. The first-order valence-corrected chi connectivity index (χ1v) is 8.89. The van der Waals surface area contributed by atoms with Gasteiger partial charge in [0.25, 0.3) is 0 Å². The monoisotopic (exact) mass is 342 g/mol. The van der Waals surface area contributed by atoms with E-state index in [1.165, 1.54) is 0 Å². The Morgan fingerprint density at radius 3 is 2.68 bits per heavy atom. The van der Waals surface area contributed by atoms with Crippen molar-refractivity contribution in [2.75, 3.05) is 13.6 Å². The highest BCUT2D eigenvalue weighted by Gasteiger charge is 2.30. The van der Waals surface area contributed by atoms with Crippen LogP contribution in [0.15, 0.2) is 24.3 Å². The number of fused-ring (bicyclic) bond motifs is 1. The smallest absolute Gasteiger partial charge is 0.224 e. The Bertz CT molecular complexity index is 796. The third-order valence-corrected chi connectivity index (χ3v) is 4.92. The van der Waals surface area contributed by atoms with Gasteiger partial charge >= 0.3 is 0 Å². The molecule has 1 saturated heterocycles. The molecular formula is C19H26N4O2. The highest BCUT2D eigenvalue weighted by atomic mass is 16.2. The minimum atomic E-state index is -0.247. The molecule has 134 valence electrons. The Kier molecular flexibility index (Phi) is 4.79. The second-order valence-corrected chi connectivity index (χ2v) is 7.16. The van der Waals surface area contributed by atoms with Gasteiger partial charge in [-0.05, 0) is 39.3 Å². The molecule has 2 heterocycles. The topological polar surface area (TPSA) is 67.2 Å². The van der Waals surface area contributed by atoms with Gasteiger partial charge in [0.2, 0.25) is 11.8 Å². The van der Waals surface area contributed by atoms with Crippen LogP contribution < -0.4 is 5.32 Å². The van der Waals surface area contributed by atoms with Crippen LogP contribution in [-0.2, 0) is 9.59 Å². The quantitative estimate of drug-likeness (QED) is 0.929. The van der Waals surface area contributed by atoms with Gasteiger partial charge in [-0.15, -0.1) is 0 Å². The van der Waals surface area contributed by atoms with Crippen molar-refractivity contribution >= 4 is 22.8 Å². The molecule has 0 radical (unpaired) electrons. The van der Waals surface area contributed by atoms with Crippen LogP contribution in [0.5, 0.6) is 0 Å². The molecule has 1 aliphatic heterocycles. The number of hydrogen-bond donors (Lipinski definition) is 1. The molecular weight excluding hydrogens is 316 g/mol. The van der Waals surface area contributed by atoms with Crippen molar-refractivity contribution in [2.45, 2.75) is 45.7 Å². The van der Waals surface area contributed by atoms with Crippen LogP contribution in [0.1, 0.15) is 51.5 Å².